The summed E-state index contributed by atoms with van der Waals surface area (Å²) >= 11 is 1.77. The molecule has 33 heavy (non-hydrogen) atoms. The van der Waals surface area contributed by atoms with Crippen molar-refractivity contribution >= 4 is 54.6 Å². The van der Waals surface area contributed by atoms with E-state index in [1.807, 2.05) is 91.3 Å². The van der Waals surface area contributed by atoms with Crippen molar-refractivity contribution in [2.45, 2.75) is 0 Å². The molecule has 2 aromatic heterocycles. The molecule has 0 bridgehead atoms. The summed E-state index contributed by atoms with van der Waals surface area (Å²) in [5, 5.41) is 4.91. The van der Waals surface area contributed by atoms with Crippen molar-refractivity contribution in [3.8, 4) is 11.1 Å². The molecule has 6 rings (SSSR count). The monoisotopic (exact) mass is 461 g/mol. The quantitative estimate of drug-likeness (QED) is 0.272. The Morgan fingerprint density at radius 2 is 1.12 bits per heavy atom. The van der Waals surface area contributed by atoms with Gasteiger partial charge in [0.1, 0.15) is 0 Å². The number of fused-ring (bicyclic) bond motifs is 3. The molecular weight excluding hydrogens is 441 g/mol. The van der Waals surface area contributed by atoms with Gasteiger partial charge in [0.05, 0.1) is 0 Å². The number of thiophene rings is 1. The Morgan fingerprint density at radius 1 is 0.545 bits per heavy atom. The molecule has 0 spiro atoms. The zero-order valence-corrected chi connectivity index (χ0v) is 19.5. The van der Waals surface area contributed by atoms with Gasteiger partial charge >= 0.3 is 0 Å². The van der Waals surface area contributed by atoms with Crippen LogP contribution in [0.3, 0.4) is 0 Å². The molecule has 6 aromatic rings. The first-order chi connectivity index (χ1) is 16.2. The average molecular weight is 462 g/mol. The zero-order chi connectivity index (χ0) is 22.3. The highest BCUT2D eigenvalue weighted by atomic mass is 32.1. The molecule has 4 heteroatoms. The lowest BCUT2D eigenvalue weighted by molar-refractivity contribution is 0.592. The van der Waals surface area contributed by atoms with Crippen LogP contribution in [0.1, 0.15) is 0 Å². The summed E-state index contributed by atoms with van der Waals surface area (Å²) in [5.41, 5.74) is 2.30. The van der Waals surface area contributed by atoms with Crippen LogP contribution in [-0.4, -0.2) is 4.98 Å². The second-order valence-corrected chi connectivity index (χ2v) is 11.9. The van der Waals surface area contributed by atoms with Gasteiger partial charge in [-0.1, -0.05) is 66.7 Å². The highest BCUT2D eigenvalue weighted by Gasteiger charge is 2.30. The van der Waals surface area contributed by atoms with Crippen LogP contribution in [0.25, 0.3) is 31.3 Å². The maximum Gasteiger partial charge on any atom is 0.171 e. The van der Waals surface area contributed by atoms with Gasteiger partial charge in [-0.15, -0.1) is 11.3 Å². The van der Waals surface area contributed by atoms with Crippen molar-refractivity contribution in [2.24, 2.45) is 0 Å². The second kappa shape index (κ2) is 8.12. The van der Waals surface area contributed by atoms with Crippen LogP contribution in [0, 0.1) is 0 Å². The van der Waals surface area contributed by atoms with Gasteiger partial charge in [0, 0.05) is 48.5 Å². The third-order valence-corrected chi connectivity index (χ3v) is 10.3. The molecule has 0 fully saturated rings. The molecule has 0 unspecified atom stereocenters. The molecular formula is C29H20NOPS. The standard InChI is InChI=1S/C29H20NOPS/c31-32(23-7-3-1-4-8-23,24-9-5-2-6-10-24)25-12-14-29-27(20-25)26-19-22(11-13-28(26)33-29)21-15-17-30-18-16-21/h1-20H. The SMILES string of the molecule is O=P(c1ccccc1)(c1ccccc1)c1ccc2sc3ccc(-c4ccncc4)cc3c2c1. The maximum atomic E-state index is 14.8. The Kier molecular flexibility index (Phi) is 4.95. The lowest BCUT2D eigenvalue weighted by atomic mass is 10.0. The normalized spacial score (nSPS) is 11.8. The van der Waals surface area contributed by atoms with Gasteiger partial charge < -0.3 is 4.57 Å². The molecule has 0 saturated carbocycles. The number of benzene rings is 4. The van der Waals surface area contributed by atoms with Crippen LogP contribution >= 0.6 is 18.5 Å². The van der Waals surface area contributed by atoms with Crippen LogP contribution in [-0.2, 0) is 4.57 Å². The van der Waals surface area contributed by atoms with Gasteiger partial charge in [0.2, 0.25) is 0 Å². The second-order valence-electron chi connectivity index (χ2n) is 8.01. The van der Waals surface area contributed by atoms with Crippen molar-refractivity contribution in [3.05, 3.63) is 122 Å². The van der Waals surface area contributed by atoms with Crippen LogP contribution in [0.5, 0.6) is 0 Å². The van der Waals surface area contributed by atoms with Crippen LogP contribution in [0.2, 0.25) is 0 Å². The van der Waals surface area contributed by atoms with Crippen LogP contribution in [0.4, 0.5) is 0 Å². The van der Waals surface area contributed by atoms with E-state index in [2.05, 4.69) is 35.3 Å². The smallest absolute Gasteiger partial charge is 0.171 e. The van der Waals surface area contributed by atoms with E-state index in [1.54, 1.807) is 11.3 Å². The molecule has 0 amide bonds. The van der Waals surface area contributed by atoms with Gasteiger partial charge in [-0.05, 0) is 53.6 Å². The molecule has 2 heterocycles. The molecule has 0 N–H and O–H groups in total. The number of rotatable bonds is 4. The topological polar surface area (TPSA) is 30.0 Å². The van der Waals surface area contributed by atoms with E-state index < -0.39 is 7.14 Å². The third kappa shape index (κ3) is 3.41. The number of hydrogen-bond donors (Lipinski definition) is 0. The van der Waals surface area contributed by atoms with E-state index in [4.69, 9.17) is 0 Å². The first-order valence-electron chi connectivity index (χ1n) is 10.8. The predicted octanol–water partition coefficient (Wildman–Crippen LogP) is 6.76. The minimum atomic E-state index is -3.01. The van der Waals surface area contributed by atoms with E-state index in [0.717, 1.165) is 32.4 Å². The molecule has 0 atom stereocenters. The lowest BCUT2D eigenvalue weighted by Crippen LogP contribution is -2.24. The first kappa shape index (κ1) is 20.1. The Balaban J connectivity index is 1.60. The average Bonchev–Trinajstić information content (AvgIpc) is 3.27. The largest absolute Gasteiger partial charge is 0.309 e. The fourth-order valence-electron chi connectivity index (χ4n) is 4.41. The summed E-state index contributed by atoms with van der Waals surface area (Å²) < 4.78 is 17.2. The fraction of sp³-hybridized carbons (Fsp3) is 0. The van der Waals surface area contributed by atoms with Gasteiger partial charge in [0.25, 0.3) is 0 Å². The lowest BCUT2D eigenvalue weighted by Gasteiger charge is -2.20. The van der Waals surface area contributed by atoms with Crippen molar-refractivity contribution in [1.82, 2.24) is 4.98 Å². The van der Waals surface area contributed by atoms with E-state index in [-0.39, 0.29) is 0 Å². The minimum Gasteiger partial charge on any atom is -0.309 e. The molecule has 0 radical (unpaired) electrons. The van der Waals surface area contributed by atoms with Crippen molar-refractivity contribution in [3.63, 3.8) is 0 Å². The van der Waals surface area contributed by atoms with Crippen molar-refractivity contribution in [2.75, 3.05) is 0 Å². The summed E-state index contributed by atoms with van der Waals surface area (Å²) in [5.74, 6) is 0. The van der Waals surface area contributed by atoms with Crippen LogP contribution in [0.15, 0.2) is 122 Å². The Bertz CT molecular complexity index is 1580. The summed E-state index contributed by atoms with van der Waals surface area (Å²) in [6.07, 6.45) is 3.64. The number of nitrogens with zero attached hydrogens (tertiary/aromatic N) is 1. The summed E-state index contributed by atoms with van der Waals surface area (Å²) in [6.45, 7) is 0. The third-order valence-electron chi connectivity index (χ3n) is 6.07. The predicted molar refractivity (Wildman–Crippen MR) is 142 cm³/mol. The van der Waals surface area contributed by atoms with Crippen LogP contribution < -0.4 is 15.9 Å². The molecule has 0 aliphatic rings. The number of pyridine rings is 1. The van der Waals surface area contributed by atoms with Gasteiger partial charge in [-0.2, -0.15) is 0 Å². The highest BCUT2D eigenvalue weighted by Crippen LogP contribution is 2.44. The van der Waals surface area contributed by atoms with Gasteiger partial charge in [-0.25, -0.2) is 0 Å². The number of aromatic nitrogens is 1. The summed E-state index contributed by atoms with van der Waals surface area (Å²) in [7, 11) is -3.01. The number of hydrogen-bond acceptors (Lipinski definition) is 3. The van der Waals surface area contributed by atoms with Gasteiger partial charge in [-0.3, -0.25) is 4.98 Å². The maximum absolute atomic E-state index is 14.8. The van der Waals surface area contributed by atoms with Crippen molar-refractivity contribution in [1.29, 1.82) is 0 Å². The molecule has 0 aliphatic carbocycles. The van der Waals surface area contributed by atoms with E-state index >= 15 is 0 Å². The van der Waals surface area contributed by atoms with E-state index in [0.29, 0.717) is 0 Å². The zero-order valence-electron chi connectivity index (χ0n) is 17.8. The highest BCUT2D eigenvalue weighted by molar-refractivity contribution is 7.85. The minimum absolute atomic E-state index is 0.854. The Labute approximate surface area is 196 Å². The molecule has 2 nitrogen and oxygen atoms in total. The molecule has 0 aliphatic heterocycles. The van der Waals surface area contributed by atoms with E-state index in [1.165, 1.54) is 14.8 Å². The Hall–Kier alpha value is -3.52. The summed E-state index contributed by atoms with van der Waals surface area (Å²) in [6, 6.07) is 36.6. The summed E-state index contributed by atoms with van der Waals surface area (Å²) in [4.78, 5) is 4.14. The Morgan fingerprint density at radius 3 is 1.76 bits per heavy atom. The first-order valence-corrected chi connectivity index (χ1v) is 13.3. The molecule has 4 aromatic carbocycles. The van der Waals surface area contributed by atoms with Crippen molar-refractivity contribution < 1.29 is 4.57 Å². The van der Waals surface area contributed by atoms with Gasteiger partial charge in [0.15, 0.2) is 7.14 Å². The fourth-order valence-corrected chi connectivity index (χ4v) is 8.15. The molecule has 0 saturated heterocycles. The van der Waals surface area contributed by atoms with E-state index in [9.17, 15) is 4.57 Å². The molecule has 158 valence electrons.